The molecule has 0 radical (unpaired) electrons. The van der Waals surface area contributed by atoms with E-state index in [1.54, 1.807) is 81.1 Å². The number of nitrogens with zero attached hydrogens (tertiary/aromatic N) is 5. The van der Waals surface area contributed by atoms with E-state index in [4.69, 9.17) is 32.7 Å². The number of nitrogens with one attached hydrogen (secondary N) is 3. The van der Waals surface area contributed by atoms with E-state index in [1.165, 1.54) is 6.20 Å². The first kappa shape index (κ1) is 53.3. The highest BCUT2D eigenvalue weighted by atomic mass is 35.5. The molecule has 5 aromatic rings. The number of esters is 1. The lowest BCUT2D eigenvalue weighted by atomic mass is 9.82. The quantitative estimate of drug-likeness (QED) is 0.0397. The van der Waals surface area contributed by atoms with Crippen LogP contribution in [0.15, 0.2) is 97.3 Å². The summed E-state index contributed by atoms with van der Waals surface area (Å²) in [5.41, 5.74) is 1.93. The van der Waals surface area contributed by atoms with E-state index in [0.717, 1.165) is 28.2 Å². The number of aliphatic hydroxyl groups is 1. The SMILES string of the molecule is CC(NCc1ccc(Cl)cc1Oc1ccc(-c2cnc(CN(C)C)n2C)cc1)C(=O)NC(CO)C(=O)N[C@@]1(Cc2ccc(Cl)cc2)CCCN(C(=O)C(CC(=O)OC(C)(C)C)Cc2cccc[n+]2[O-])C1. The first-order valence-electron chi connectivity index (χ1n) is 23.3. The Bertz CT molecular complexity index is 2600. The van der Waals surface area contributed by atoms with Gasteiger partial charge in [-0.1, -0.05) is 47.5 Å². The van der Waals surface area contributed by atoms with Gasteiger partial charge in [-0.05, 0) is 115 Å². The number of ether oxygens (including phenoxy) is 2. The molecule has 1 aliphatic heterocycles. The zero-order valence-corrected chi connectivity index (χ0v) is 42.3. The summed E-state index contributed by atoms with van der Waals surface area (Å²) < 4.78 is 14.6. The van der Waals surface area contributed by atoms with Crippen molar-refractivity contribution in [2.24, 2.45) is 13.0 Å². The molecule has 1 aliphatic rings. The molecule has 1 saturated heterocycles. The summed E-state index contributed by atoms with van der Waals surface area (Å²) in [6, 6.07) is 22.7. The summed E-state index contributed by atoms with van der Waals surface area (Å²) in [5, 5.41) is 33.3. The largest absolute Gasteiger partial charge is 0.619 e. The van der Waals surface area contributed by atoms with Crippen LogP contribution >= 0.6 is 23.2 Å². The normalized spacial score (nSPS) is 16.3. The van der Waals surface area contributed by atoms with Gasteiger partial charge in [-0.25, -0.2) is 4.98 Å². The summed E-state index contributed by atoms with van der Waals surface area (Å²) in [5.74, 6) is -1.09. The maximum absolute atomic E-state index is 14.5. The molecule has 3 unspecified atom stereocenters. The van der Waals surface area contributed by atoms with Crippen LogP contribution in [0.5, 0.6) is 11.5 Å². The second-order valence-electron chi connectivity index (χ2n) is 19.2. The van der Waals surface area contributed by atoms with E-state index in [-0.39, 0.29) is 38.3 Å². The van der Waals surface area contributed by atoms with Gasteiger partial charge in [0.15, 0.2) is 11.9 Å². The molecule has 16 nitrogen and oxygen atoms in total. The Hall–Kier alpha value is -6.04. The molecule has 0 bridgehead atoms. The van der Waals surface area contributed by atoms with Crippen molar-refractivity contribution >= 4 is 46.9 Å². The second kappa shape index (κ2) is 23.7. The molecule has 0 saturated carbocycles. The maximum Gasteiger partial charge on any atom is 0.307 e. The Kier molecular flexibility index (Phi) is 18.1. The summed E-state index contributed by atoms with van der Waals surface area (Å²) in [6.45, 7) is 7.42. The lowest BCUT2D eigenvalue weighted by molar-refractivity contribution is -0.614. The molecule has 4 N–H and O–H groups in total. The molecule has 3 amide bonds. The second-order valence-corrected chi connectivity index (χ2v) is 20.1. The lowest BCUT2D eigenvalue weighted by Crippen LogP contribution is -2.65. The van der Waals surface area contributed by atoms with E-state index in [9.17, 15) is 29.5 Å². The van der Waals surface area contributed by atoms with E-state index >= 15 is 0 Å². The topological polar surface area (TPSA) is 194 Å². The summed E-state index contributed by atoms with van der Waals surface area (Å²) in [7, 11) is 5.98. The number of halogens is 2. The Morgan fingerprint density at radius 1 is 0.986 bits per heavy atom. The number of carbonyl (C=O) groups excluding carboxylic acids is 4. The van der Waals surface area contributed by atoms with Crippen LogP contribution in [0.2, 0.25) is 10.0 Å². The van der Waals surface area contributed by atoms with Crippen LogP contribution in [-0.2, 0) is 56.9 Å². The monoisotopic (exact) mass is 998 g/mol. The lowest BCUT2D eigenvalue weighted by Gasteiger charge is -2.45. The Morgan fingerprint density at radius 3 is 2.37 bits per heavy atom. The van der Waals surface area contributed by atoms with Crippen LogP contribution in [0.4, 0.5) is 0 Å². The van der Waals surface area contributed by atoms with Gasteiger partial charge < -0.3 is 50.1 Å². The third kappa shape index (κ3) is 14.7. The summed E-state index contributed by atoms with van der Waals surface area (Å²) >= 11 is 12.6. The third-order valence-corrected chi connectivity index (χ3v) is 12.5. The Morgan fingerprint density at radius 2 is 1.70 bits per heavy atom. The molecule has 2 aromatic heterocycles. The number of rotatable bonds is 20. The molecule has 3 aromatic carbocycles. The zero-order chi connectivity index (χ0) is 50.8. The van der Waals surface area contributed by atoms with Crippen LogP contribution < -0.4 is 25.4 Å². The van der Waals surface area contributed by atoms with Gasteiger partial charge in [0.1, 0.15) is 29.0 Å². The summed E-state index contributed by atoms with van der Waals surface area (Å²) in [6.07, 6.45) is 4.10. The Labute approximate surface area is 419 Å². The van der Waals surface area contributed by atoms with Crippen molar-refractivity contribution < 1.29 is 38.5 Å². The first-order chi connectivity index (χ1) is 33.2. The number of aromatic nitrogens is 3. The fourth-order valence-electron chi connectivity index (χ4n) is 8.50. The minimum Gasteiger partial charge on any atom is -0.619 e. The predicted octanol–water partition coefficient (Wildman–Crippen LogP) is 6.15. The number of pyridine rings is 1. The van der Waals surface area contributed by atoms with Gasteiger partial charge in [-0.3, -0.25) is 19.2 Å². The molecule has 0 aliphatic carbocycles. The predicted molar refractivity (Wildman–Crippen MR) is 268 cm³/mol. The first-order valence-corrected chi connectivity index (χ1v) is 24.1. The van der Waals surface area contributed by atoms with Gasteiger partial charge in [0.2, 0.25) is 17.7 Å². The van der Waals surface area contributed by atoms with Crippen LogP contribution in [-0.4, -0.2) is 105 Å². The molecule has 18 heteroatoms. The van der Waals surface area contributed by atoms with Crippen molar-refractivity contribution in [2.75, 3.05) is 33.8 Å². The van der Waals surface area contributed by atoms with E-state index in [0.29, 0.717) is 57.9 Å². The van der Waals surface area contributed by atoms with Crippen LogP contribution in [0, 0.1) is 11.1 Å². The van der Waals surface area contributed by atoms with Crippen molar-refractivity contribution in [3.8, 4) is 22.8 Å². The van der Waals surface area contributed by atoms with Gasteiger partial charge >= 0.3 is 5.97 Å². The molecule has 70 heavy (non-hydrogen) atoms. The molecule has 1 fully saturated rings. The highest BCUT2D eigenvalue weighted by Gasteiger charge is 2.42. The number of carbonyl (C=O) groups is 4. The fraction of sp³-hybridized carbons (Fsp3) is 0.423. The number of likely N-dealkylation sites (tertiary alicyclic amines) is 1. The highest BCUT2D eigenvalue weighted by Crippen LogP contribution is 2.32. The average molecular weight is 1000 g/mol. The minimum absolute atomic E-state index is 0.0216. The fourth-order valence-corrected chi connectivity index (χ4v) is 8.79. The number of hydrogen-bond donors (Lipinski definition) is 4. The molecule has 6 rings (SSSR count). The highest BCUT2D eigenvalue weighted by molar-refractivity contribution is 6.31. The molecule has 0 spiro atoms. The number of amides is 3. The average Bonchev–Trinajstić information content (AvgIpc) is 3.66. The van der Waals surface area contributed by atoms with E-state index in [1.807, 2.05) is 63.7 Å². The Balaban J connectivity index is 1.13. The molecule has 4 atom stereocenters. The molecule has 3 heterocycles. The van der Waals surface area contributed by atoms with Crippen molar-refractivity contribution in [3.05, 3.63) is 135 Å². The van der Waals surface area contributed by atoms with Crippen molar-refractivity contribution in [2.45, 2.75) is 96.1 Å². The van der Waals surface area contributed by atoms with Gasteiger partial charge in [0.25, 0.3) is 0 Å². The number of piperidine rings is 1. The van der Waals surface area contributed by atoms with E-state index < -0.39 is 53.5 Å². The number of aliphatic hydroxyl groups excluding tert-OH is 1. The molecular weight excluding hydrogens is 936 g/mol. The maximum atomic E-state index is 14.5. The van der Waals surface area contributed by atoms with Crippen molar-refractivity contribution in [3.63, 3.8) is 0 Å². The van der Waals surface area contributed by atoms with Crippen LogP contribution in [0.25, 0.3) is 11.3 Å². The van der Waals surface area contributed by atoms with Crippen LogP contribution in [0.1, 0.15) is 69.6 Å². The van der Waals surface area contributed by atoms with Gasteiger partial charge in [0, 0.05) is 66.4 Å². The third-order valence-electron chi connectivity index (χ3n) is 12.0. The summed E-state index contributed by atoms with van der Waals surface area (Å²) in [4.78, 5) is 63.9. The minimum atomic E-state index is -1.35. The molecular formula is C52H64Cl2N8O8. The van der Waals surface area contributed by atoms with Crippen LogP contribution in [0.3, 0.4) is 0 Å². The van der Waals surface area contributed by atoms with Gasteiger partial charge in [-0.2, -0.15) is 4.73 Å². The molecule has 374 valence electrons. The van der Waals surface area contributed by atoms with E-state index in [2.05, 4.69) is 30.4 Å². The zero-order valence-electron chi connectivity index (χ0n) is 40.8. The van der Waals surface area contributed by atoms with Crippen molar-refractivity contribution in [1.29, 1.82) is 0 Å². The number of hydrogen-bond acceptors (Lipinski definition) is 11. The van der Waals surface area contributed by atoms with Gasteiger partial charge in [0.05, 0.1) is 49.0 Å². The smallest absolute Gasteiger partial charge is 0.307 e. The standard InChI is InChI=1S/C52H64Cl2N8O8/c1-34(55-29-37-14-19-40(54)27-45(37)69-42-20-15-36(16-21-42)44-30-56-46(60(44)7)31-59(5)6)48(65)57-43(32-63)49(66)58-52(28-35-12-17-39(53)18-13-35)22-10-23-61(33-52)50(67)38(26-47(64)70-51(2,3)4)25-41-11-8-9-24-62(41)68/h8-9,11-21,24,27,30,34,38,43,55,63H,10,22-23,25-26,28-29,31-33H2,1-7H3,(H,57,65)(H,58,66)/t34?,38?,43?,52-/m1/s1. The van der Waals surface area contributed by atoms with Gasteiger partial charge in [-0.15, -0.1) is 0 Å². The number of imidazole rings is 1. The van der Waals surface area contributed by atoms with Crippen molar-refractivity contribution in [1.82, 2.24) is 35.3 Å². The number of benzene rings is 3.